The third kappa shape index (κ3) is 4.39. The maximum Gasteiger partial charge on any atom is 0.322 e. The minimum absolute atomic E-state index is 0.222. The summed E-state index contributed by atoms with van der Waals surface area (Å²) in [6, 6.07) is 13.2. The lowest BCUT2D eigenvalue weighted by Crippen LogP contribution is -2.47. The van der Waals surface area contributed by atoms with E-state index in [4.69, 9.17) is 9.26 Å². The summed E-state index contributed by atoms with van der Waals surface area (Å²) in [6.45, 7) is 2.62. The second kappa shape index (κ2) is 9.54. The molecule has 2 heterocycles. The van der Waals surface area contributed by atoms with Crippen LogP contribution in [0.3, 0.4) is 0 Å². The van der Waals surface area contributed by atoms with Gasteiger partial charge in [0.05, 0.1) is 24.8 Å². The van der Waals surface area contributed by atoms with Gasteiger partial charge in [0.2, 0.25) is 5.82 Å². The van der Waals surface area contributed by atoms with E-state index in [0.29, 0.717) is 41.7 Å². The molecule has 1 unspecified atom stereocenters. The molecule has 2 amide bonds. The van der Waals surface area contributed by atoms with Gasteiger partial charge in [-0.15, -0.1) is 11.8 Å². The lowest BCUT2D eigenvalue weighted by atomic mass is 9.94. The Morgan fingerprint density at radius 1 is 1.19 bits per heavy atom. The van der Waals surface area contributed by atoms with E-state index < -0.39 is 6.04 Å². The number of hydrogen-bond acceptors (Lipinski definition) is 6. The molecular formula is C23H23FN4O3S. The molecule has 0 spiro atoms. The van der Waals surface area contributed by atoms with Gasteiger partial charge >= 0.3 is 6.03 Å². The number of carbonyl (C=O) groups is 1. The van der Waals surface area contributed by atoms with Gasteiger partial charge in [-0.2, -0.15) is 4.98 Å². The quantitative estimate of drug-likeness (QED) is 0.520. The first-order valence-electron chi connectivity index (χ1n) is 10.0. The van der Waals surface area contributed by atoms with Crippen molar-refractivity contribution < 1.29 is 18.4 Å². The number of benzene rings is 2. The molecule has 0 saturated heterocycles. The van der Waals surface area contributed by atoms with E-state index in [2.05, 4.69) is 15.5 Å². The molecule has 9 heteroatoms. The van der Waals surface area contributed by atoms with E-state index in [0.717, 1.165) is 10.5 Å². The Bertz CT molecular complexity index is 1130. The number of nitrogens with one attached hydrogen (secondary N) is 1. The number of methoxy groups -OCH3 is 1. The summed E-state index contributed by atoms with van der Waals surface area (Å²) in [5.74, 6) is 0.300. The third-order valence-electron chi connectivity index (χ3n) is 5.32. The van der Waals surface area contributed by atoms with Crippen LogP contribution in [0.25, 0.3) is 17.0 Å². The van der Waals surface area contributed by atoms with Crippen LogP contribution in [-0.4, -0.2) is 47.6 Å². The van der Waals surface area contributed by atoms with Crippen molar-refractivity contribution in [3.63, 3.8) is 0 Å². The van der Waals surface area contributed by atoms with Crippen molar-refractivity contribution in [1.29, 1.82) is 0 Å². The molecule has 166 valence electrons. The number of urea groups is 1. The lowest BCUT2D eigenvalue weighted by Gasteiger charge is -2.35. The number of carbonyl (C=O) groups excluding carboxylic acids is 1. The lowest BCUT2D eigenvalue weighted by molar-refractivity contribution is 0.158. The Balaban J connectivity index is 1.77. The van der Waals surface area contributed by atoms with Crippen molar-refractivity contribution >= 4 is 23.4 Å². The highest BCUT2D eigenvalue weighted by molar-refractivity contribution is 7.98. The van der Waals surface area contributed by atoms with Crippen LogP contribution >= 0.6 is 11.8 Å². The fraction of sp³-hybridized carbons (Fsp3) is 0.261. The van der Waals surface area contributed by atoms with Crippen LogP contribution in [0.5, 0.6) is 0 Å². The third-order valence-corrected chi connectivity index (χ3v) is 6.07. The number of amides is 2. The summed E-state index contributed by atoms with van der Waals surface area (Å²) in [7, 11) is 1.59. The molecule has 0 saturated carbocycles. The molecular weight excluding hydrogens is 431 g/mol. The number of halogens is 1. The molecule has 0 aliphatic carbocycles. The van der Waals surface area contributed by atoms with Crippen LogP contribution in [0.1, 0.15) is 24.4 Å². The highest BCUT2D eigenvalue weighted by Gasteiger charge is 2.35. The minimum Gasteiger partial charge on any atom is -0.383 e. The van der Waals surface area contributed by atoms with Crippen LogP contribution in [0.2, 0.25) is 0 Å². The van der Waals surface area contributed by atoms with Gasteiger partial charge in [0.15, 0.2) is 0 Å². The molecule has 7 nitrogen and oxygen atoms in total. The molecule has 0 fully saturated rings. The summed E-state index contributed by atoms with van der Waals surface area (Å²) >= 11 is 1.64. The summed E-state index contributed by atoms with van der Waals surface area (Å²) < 4.78 is 24.1. The molecule has 1 N–H and O–H groups in total. The van der Waals surface area contributed by atoms with Gasteiger partial charge in [0, 0.05) is 23.3 Å². The average molecular weight is 455 g/mol. The van der Waals surface area contributed by atoms with Crippen LogP contribution < -0.4 is 5.32 Å². The Labute approximate surface area is 189 Å². The van der Waals surface area contributed by atoms with Gasteiger partial charge in [0.1, 0.15) is 5.82 Å². The van der Waals surface area contributed by atoms with E-state index >= 15 is 0 Å². The number of hydrogen-bond donors (Lipinski definition) is 1. The second-order valence-electron chi connectivity index (χ2n) is 7.23. The maximum absolute atomic E-state index is 13.3. The van der Waals surface area contributed by atoms with Gasteiger partial charge in [-0.1, -0.05) is 17.3 Å². The monoisotopic (exact) mass is 454 g/mol. The molecule has 3 aromatic rings. The number of aromatic nitrogens is 2. The Kier molecular flexibility index (Phi) is 6.57. The normalized spacial score (nSPS) is 16.4. The standard InChI is InChI=1S/C23H23FN4O3S/c1-14-19(22-26-21(27-31-22)16-4-8-17(24)9-5-16)20(15-6-10-18(32-3)11-7-15)25-23(29)28(14)12-13-30-2/h4-11,20H,12-13H2,1-3H3,(H,25,29). The van der Waals surface area contributed by atoms with Crippen molar-refractivity contribution in [3.05, 3.63) is 71.5 Å². The Morgan fingerprint density at radius 3 is 2.56 bits per heavy atom. The zero-order chi connectivity index (χ0) is 22.7. The largest absolute Gasteiger partial charge is 0.383 e. The van der Waals surface area contributed by atoms with Gasteiger partial charge in [-0.25, -0.2) is 9.18 Å². The molecule has 1 aliphatic rings. The molecule has 32 heavy (non-hydrogen) atoms. The number of ether oxygens (including phenoxy) is 1. The van der Waals surface area contributed by atoms with Crippen LogP contribution in [0.15, 0.2) is 63.6 Å². The minimum atomic E-state index is -0.460. The first-order valence-corrected chi connectivity index (χ1v) is 11.3. The predicted molar refractivity (Wildman–Crippen MR) is 120 cm³/mol. The zero-order valence-electron chi connectivity index (χ0n) is 18.0. The zero-order valence-corrected chi connectivity index (χ0v) is 18.8. The van der Waals surface area contributed by atoms with Gasteiger partial charge in [0.25, 0.3) is 5.89 Å². The topological polar surface area (TPSA) is 80.5 Å². The Morgan fingerprint density at radius 2 is 1.91 bits per heavy atom. The Hall–Kier alpha value is -3.17. The summed E-state index contributed by atoms with van der Waals surface area (Å²) in [4.78, 5) is 20.2. The van der Waals surface area contributed by atoms with E-state index in [1.54, 1.807) is 35.9 Å². The fourth-order valence-corrected chi connectivity index (χ4v) is 4.01. The van der Waals surface area contributed by atoms with Crippen LogP contribution in [0.4, 0.5) is 9.18 Å². The summed E-state index contributed by atoms with van der Waals surface area (Å²) in [6.07, 6.45) is 2.01. The van der Waals surface area contributed by atoms with Crippen molar-refractivity contribution in [2.24, 2.45) is 0 Å². The summed E-state index contributed by atoms with van der Waals surface area (Å²) in [5, 5.41) is 7.14. The first-order chi connectivity index (χ1) is 15.5. The molecule has 1 atom stereocenters. The number of rotatable bonds is 7. The van der Waals surface area contributed by atoms with Crippen molar-refractivity contribution in [1.82, 2.24) is 20.4 Å². The highest BCUT2D eigenvalue weighted by atomic mass is 32.2. The predicted octanol–water partition coefficient (Wildman–Crippen LogP) is 4.74. The van der Waals surface area contributed by atoms with E-state index in [1.165, 1.54) is 12.1 Å². The summed E-state index contributed by atoms with van der Waals surface area (Å²) in [5.41, 5.74) is 2.95. The average Bonchev–Trinajstić information content (AvgIpc) is 3.29. The second-order valence-corrected chi connectivity index (χ2v) is 8.11. The first kappa shape index (κ1) is 22.0. The maximum atomic E-state index is 13.3. The molecule has 1 aliphatic heterocycles. The van der Waals surface area contributed by atoms with Crippen molar-refractivity contribution in [3.8, 4) is 11.4 Å². The fourth-order valence-electron chi connectivity index (χ4n) is 3.61. The number of allylic oxidation sites excluding steroid dienone is 1. The van der Waals surface area contributed by atoms with Gasteiger partial charge in [-0.05, 0) is 55.1 Å². The number of nitrogens with zero attached hydrogens (tertiary/aromatic N) is 3. The SMILES string of the molecule is COCCN1C(=O)NC(c2ccc(SC)cc2)C(c2nc(-c3ccc(F)cc3)no2)=C1C. The van der Waals surface area contributed by atoms with E-state index in [9.17, 15) is 9.18 Å². The molecule has 2 aromatic carbocycles. The van der Waals surface area contributed by atoms with E-state index in [1.807, 2.05) is 37.4 Å². The van der Waals surface area contributed by atoms with Crippen LogP contribution in [0, 0.1) is 5.82 Å². The smallest absolute Gasteiger partial charge is 0.322 e. The van der Waals surface area contributed by atoms with Crippen LogP contribution in [-0.2, 0) is 4.74 Å². The van der Waals surface area contributed by atoms with Gasteiger partial charge < -0.3 is 14.6 Å². The molecule has 0 bridgehead atoms. The van der Waals surface area contributed by atoms with Crippen molar-refractivity contribution in [2.45, 2.75) is 17.9 Å². The highest BCUT2D eigenvalue weighted by Crippen LogP contribution is 2.37. The molecule has 4 rings (SSSR count). The van der Waals surface area contributed by atoms with Crippen molar-refractivity contribution in [2.75, 3.05) is 26.5 Å². The number of thioether (sulfide) groups is 1. The molecule has 1 aromatic heterocycles. The van der Waals surface area contributed by atoms with Gasteiger partial charge in [-0.3, -0.25) is 4.90 Å². The molecule has 0 radical (unpaired) electrons. The van der Waals surface area contributed by atoms with E-state index in [-0.39, 0.29) is 11.8 Å².